The molecule has 2 N–H and O–H groups in total. The third kappa shape index (κ3) is 3.86. The molecule has 20 heavy (non-hydrogen) atoms. The molecule has 2 rings (SSSR count). The lowest BCUT2D eigenvalue weighted by atomic mass is 10.1. The van der Waals surface area contributed by atoms with Gasteiger partial charge >= 0.3 is 0 Å². The third-order valence-electron chi connectivity index (χ3n) is 3.02. The van der Waals surface area contributed by atoms with Crippen LogP contribution in [0.15, 0.2) is 12.1 Å². The van der Waals surface area contributed by atoms with Crippen molar-refractivity contribution in [2.45, 2.75) is 18.9 Å². The number of amides is 1. The molecule has 1 aromatic rings. The number of hydrogen-bond acceptors (Lipinski definition) is 3. The molecule has 0 aliphatic carbocycles. The van der Waals surface area contributed by atoms with E-state index in [1.165, 1.54) is 0 Å². The molecule has 1 aromatic carbocycles. The van der Waals surface area contributed by atoms with Crippen molar-refractivity contribution in [3.63, 3.8) is 0 Å². The molecule has 1 saturated heterocycles. The van der Waals surface area contributed by atoms with E-state index in [0.717, 1.165) is 25.0 Å². The number of halogens is 3. The average molecular weight is 288 g/mol. The first-order valence-electron chi connectivity index (χ1n) is 6.32. The lowest BCUT2D eigenvalue weighted by molar-refractivity contribution is -0.120. The van der Waals surface area contributed by atoms with Crippen LogP contribution in [0.2, 0.25) is 0 Å². The van der Waals surface area contributed by atoms with Gasteiger partial charge in [0.1, 0.15) is 0 Å². The number of hydrogen-bond donors (Lipinski definition) is 2. The van der Waals surface area contributed by atoms with Gasteiger partial charge in [-0.1, -0.05) is 0 Å². The fraction of sp³-hybridized carbons (Fsp3) is 0.462. The summed E-state index contributed by atoms with van der Waals surface area (Å²) in [6.45, 7) is 1.07. The molecule has 0 spiro atoms. The molecule has 4 nitrogen and oxygen atoms in total. The van der Waals surface area contributed by atoms with Crippen LogP contribution in [0.3, 0.4) is 0 Å². The summed E-state index contributed by atoms with van der Waals surface area (Å²) >= 11 is 0. The molecule has 0 aromatic heterocycles. The van der Waals surface area contributed by atoms with Crippen molar-refractivity contribution < 1.29 is 22.7 Å². The largest absolute Gasteiger partial charge is 0.381 e. The van der Waals surface area contributed by atoms with Gasteiger partial charge < -0.3 is 15.4 Å². The zero-order valence-corrected chi connectivity index (χ0v) is 10.7. The van der Waals surface area contributed by atoms with E-state index in [0.29, 0.717) is 13.2 Å². The Hall–Kier alpha value is -1.76. The Morgan fingerprint density at radius 2 is 1.80 bits per heavy atom. The van der Waals surface area contributed by atoms with E-state index in [2.05, 4.69) is 10.6 Å². The minimum atomic E-state index is -1.53. The molecule has 0 saturated carbocycles. The maximum atomic E-state index is 13.0. The summed E-state index contributed by atoms with van der Waals surface area (Å²) in [4.78, 5) is 11.6. The van der Waals surface area contributed by atoms with Gasteiger partial charge in [0.05, 0.1) is 6.54 Å². The van der Waals surface area contributed by atoms with Gasteiger partial charge in [0.25, 0.3) is 0 Å². The highest BCUT2D eigenvalue weighted by atomic mass is 19.2. The van der Waals surface area contributed by atoms with Crippen molar-refractivity contribution in [3.05, 3.63) is 29.6 Å². The highest BCUT2D eigenvalue weighted by Gasteiger charge is 2.16. The van der Waals surface area contributed by atoms with Crippen molar-refractivity contribution in [2.75, 3.05) is 25.1 Å². The minimum absolute atomic E-state index is 0.0172. The average Bonchev–Trinajstić information content (AvgIpc) is 2.43. The number of nitrogens with one attached hydrogen (secondary N) is 2. The van der Waals surface area contributed by atoms with E-state index in [-0.39, 0.29) is 24.2 Å². The fourth-order valence-electron chi connectivity index (χ4n) is 1.96. The van der Waals surface area contributed by atoms with Crippen molar-refractivity contribution in [1.82, 2.24) is 5.32 Å². The smallest absolute Gasteiger partial charge is 0.239 e. The van der Waals surface area contributed by atoms with Gasteiger partial charge in [0.2, 0.25) is 5.91 Å². The minimum Gasteiger partial charge on any atom is -0.381 e. The van der Waals surface area contributed by atoms with E-state index in [9.17, 15) is 18.0 Å². The van der Waals surface area contributed by atoms with E-state index in [1.807, 2.05) is 0 Å². The third-order valence-corrected chi connectivity index (χ3v) is 3.02. The maximum Gasteiger partial charge on any atom is 0.239 e. The summed E-state index contributed by atoms with van der Waals surface area (Å²) in [5.74, 6) is -4.40. The molecule has 7 heteroatoms. The molecule has 1 amide bonds. The first-order chi connectivity index (χ1) is 9.56. The topological polar surface area (TPSA) is 50.4 Å². The quantitative estimate of drug-likeness (QED) is 0.831. The number of carbonyl (C=O) groups excluding carboxylic acids is 1. The second-order valence-corrected chi connectivity index (χ2v) is 4.56. The molecular weight excluding hydrogens is 273 g/mol. The first kappa shape index (κ1) is 14.6. The Bertz CT molecular complexity index is 467. The van der Waals surface area contributed by atoms with Gasteiger partial charge in [-0.05, 0) is 12.8 Å². The van der Waals surface area contributed by atoms with Crippen LogP contribution in [0, 0.1) is 17.5 Å². The number of ether oxygens (including phenoxy) is 1. The second kappa shape index (κ2) is 6.60. The van der Waals surface area contributed by atoms with Crippen LogP contribution in [0.25, 0.3) is 0 Å². The Kier molecular flexibility index (Phi) is 4.84. The summed E-state index contributed by atoms with van der Waals surface area (Å²) in [6.07, 6.45) is 1.48. The molecule has 1 heterocycles. The highest BCUT2D eigenvalue weighted by molar-refractivity contribution is 5.80. The summed E-state index contributed by atoms with van der Waals surface area (Å²) in [6, 6.07) is 1.67. The van der Waals surface area contributed by atoms with Gasteiger partial charge in [0.15, 0.2) is 17.5 Å². The van der Waals surface area contributed by atoms with Crippen molar-refractivity contribution >= 4 is 11.6 Å². The van der Waals surface area contributed by atoms with E-state index in [4.69, 9.17) is 4.74 Å². The molecule has 0 radical (unpaired) electrons. The zero-order chi connectivity index (χ0) is 14.5. The van der Waals surface area contributed by atoms with Crippen LogP contribution in [0.5, 0.6) is 0 Å². The molecule has 0 bridgehead atoms. The van der Waals surface area contributed by atoms with Crippen molar-refractivity contribution in [2.24, 2.45) is 0 Å². The normalized spacial score (nSPS) is 15.9. The Morgan fingerprint density at radius 3 is 2.40 bits per heavy atom. The number of rotatable bonds is 4. The van der Waals surface area contributed by atoms with Gasteiger partial charge in [0, 0.05) is 37.1 Å². The van der Waals surface area contributed by atoms with Crippen LogP contribution >= 0.6 is 0 Å². The predicted molar refractivity (Wildman–Crippen MR) is 66.8 cm³/mol. The Balaban J connectivity index is 1.83. The lowest BCUT2D eigenvalue weighted by Crippen LogP contribution is -2.41. The highest BCUT2D eigenvalue weighted by Crippen LogP contribution is 2.17. The van der Waals surface area contributed by atoms with Crippen LogP contribution in [-0.4, -0.2) is 31.7 Å². The monoisotopic (exact) mass is 288 g/mol. The Morgan fingerprint density at radius 1 is 1.20 bits per heavy atom. The molecular formula is C13H15F3N2O2. The van der Waals surface area contributed by atoms with Gasteiger partial charge in [-0.25, -0.2) is 13.2 Å². The predicted octanol–water partition coefficient (Wildman–Crippen LogP) is 1.81. The lowest BCUT2D eigenvalue weighted by Gasteiger charge is -2.23. The van der Waals surface area contributed by atoms with Crippen LogP contribution in [0.4, 0.5) is 18.9 Å². The molecule has 110 valence electrons. The maximum absolute atomic E-state index is 13.0. The fourth-order valence-corrected chi connectivity index (χ4v) is 1.96. The summed E-state index contributed by atoms with van der Waals surface area (Å²) in [7, 11) is 0. The van der Waals surface area contributed by atoms with Crippen LogP contribution in [-0.2, 0) is 9.53 Å². The summed E-state index contributed by atoms with van der Waals surface area (Å²) < 4.78 is 43.8. The summed E-state index contributed by atoms with van der Waals surface area (Å²) in [5, 5.41) is 5.34. The van der Waals surface area contributed by atoms with E-state index < -0.39 is 17.5 Å². The first-order valence-corrected chi connectivity index (χ1v) is 6.32. The van der Waals surface area contributed by atoms with Crippen LogP contribution in [0.1, 0.15) is 12.8 Å². The number of benzene rings is 1. The Labute approximate surface area is 114 Å². The molecule has 1 aliphatic heterocycles. The van der Waals surface area contributed by atoms with Gasteiger partial charge in [-0.15, -0.1) is 0 Å². The second-order valence-electron chi connectivity index (χ2n) is 4.56. The standard InChI is InChI=1S/C13H15F3N2O2/c14-10-5-9(6-11(15)13(10)16)17-7-12(19)18-8-1-3-20-4-2-8/h5-6,8,17H,1-4,7H2,(H,18,19). The molecule has 0 unspecified atom stereocenters. The zero-order valence-electron chi connectivity index (χ0n) is 10.7. The molecule has 1 fully saturated rings. The molecule has 0 atom stereocenters. The SMILES string of the molecule is O=C(CNc1cc(F)c(F)c(F)c1)NC1CCOCC1. The summed E-state index contributed by atoms with van der Waals surface area (Å²) in [5.41, 5.74) is 0.0172. The van der Waals surface area contributed by atoms with E-state index in [1.54, 1.807) is 0 Å². The van der Waals surface area contributed by atoms with Gasteiger partial charge in [-0.2, -0.15) is 0 Å². The molecule has 1 aliphatic rings. The number of anilines is 1. The van der Waals surface area contributed by atoms with E-state index >= 15 is 0 Å². The van der Waals surface area contributed by atoms with Crippen molar-refractivity contribution in [1.29, 1.82) is 0 Å². The van der Waals surface area contributed by atoms with Crippen molar-refractivity contribution in [3.8, 4) is 0 Å². The van der Waals surface area contributed by atoms with Gasteiger partial charge in [-0.3, -0.25) is 4.79 Å². The van der Waals surface area contributed by atoms with Crippen LogP contribution < -0.4 is 10.6 Å². The number of carbonyl (C=O) groups is 1.